The fraction of sp³-hybridized carbons (Fsp3) is 0.533. The molecule has 4 nitrogen and oxygen atoms in total. The Balaban J connectivity index is 2.42. The molecule has 0 aliphatic carbocycles. The maximum atomic E-state index is 13.6. The fourth-order valence-corrected chi connectivity index (χ4v) is 1.64. The minimum atomic E-state index is -0.872. The summed E-state index contributed by atoms with van der Waals surface area (Å²) in [5.41, 5.74) is 0.207. The monoisotopic (exact) mass is 283 g/mol. The highest BCUT2D eigenvalue weighted by Crippen LogP contribution is 2.21. The quantitative estimate of drug-likeness (QED) is 0.808. The van der Waals surface area contributed by atoms with Gasteiger partial charge in [0.05, 0.1) is 6.10 Å². The lowest BCUT2D eigenvalue weighted by Gasteiger charge is -2.10. The minimum absolute atomic E-state index is 0.147. The van der Waals surface area contributed by atoms with E-state index in [0.717, 1.165) is 6.42 Å². The molecule has 1 unspecified atom stereocenters. The van der Waals surface area contributed by atoms with E-state index < -0.39 is 11.9 Å². The fourth-order valence-electron chi connectivity index (χ4n) is 1.64. The molecule has 0 aliphatic rings. The summed E-state index contributed by atoms with van der Waals surface area (Å²) in [6.07, 6.45) is 0.0343. The zero-order chi connectivity index (χ0) is 15.1. The van der Waals surface area contributed by atoms with Crippen LogP contribution in [0.2, 0.25) is 0 Å². The summed E-state index contributed by atoms with van der Waals surface area (Å²) in [7, 11) is 0. The van der Waals surface area contributed by atoms with E-state index in [0.29, 0.717) is 12.5 Å². The molecule has 2 N–H and O–H groups in total. The maximum Gasteiger partial charge on any atom is 0.257 e. The number of hydrogen-bond acceptors (Lipinski definition) is 3. The molecule has 1 aromatic carbocycles. The summed E-state index contributed by atoms with van der Waals surface area (Å²) in [5.74, 6) is 0.0209. The predicted molar refractivity (Wildman–Crippen MR) is 75.0 cm³/mol. The van der Waals surface area contributed by atoms with E-state index in [4.69, 9.17) is 4.74 Å². The van der Waals surface area contributed by atoms with Gasteiger partial charge in [0.2, 0.25) is 0 Å². The van der Waals surface area contributed by atoms with Gasteiger partial charge in [-0.25, -0.2) is 4.39 Å². The van der Waals surface area contributed by atoms with E-state index in [2.05, 4.69) is 19.2 Å². The van der Waals surface area contributed by atoms with E-state index in [1.807, 2.05) is 0 Å². The Hall–Kier alpha value is -1.62. The molecule has 1 rings (SSSR count). The first-order valence-electron chi connectivity index (χ1n) is 6.77. The summed E-state index contributed by atoms with van der Waals surface area (Å²) in [4.78, 5) is 11.5. The van der Waals surface area contributed by atoms with Crippen molar-refractivity contribution in [2.45, 2.75) is 33.3 Å². The zero-order valence-corrected chi connectivity index (χ0v) is 12.1. The highest BCUT2D eigenvalue weighted by molar-refractivity contribution is 5.77. The van der Waals surface area contributed by atoms with Gasteiger partial charge in [0.25, 0.3) is 5.91 Å². The van der Waals surface area contributed by atoms with Crippen molar-refractivity contribution in [2.24, 2.45) is 5.92 Å². The molecule has 112 valence electrons. The first-order chi connectivity index (χ1) is 9.40. The Labute approximate surface area is 119 Å². The van der Waals surface area contributed by atoms with Crippen LogP contribution in [0, 0.1) is 11.7 Å². The molecule has 0 bridgehead atoms. The number of amides is 1. The van der Waals surface area contributed by atoms with Gasteiger partial charge in [0.1, 0.15) is 11.6 Å². The summed E-state index contributed by atoms with van der Waals surface area (Å²) in [6.45, 7) is 6.10. The lowest BCUT2D eigenvalue weighted by molar-refractivity contribution is -0.123. The average Bonchev–Trinajstić information content (AvgIpc) is 2.35. The summed E-state index contributed by atoms with van der Waals surface area (Å²) in [6, 6.07) is 4.15. The molecule has 0 aliphatic heterocycles. The standard InChI is InChI=1S/C15H22FNO3/c1-10(2)6-7-17-15(19)9-20-12-4-5-13(11(3)18)14(16)8-12/h4-5,8,10-11,18H,6-7,9H2,1-3H3,(H,17,19). The lowest BCUT2D eigenvalue weighted by atomic mass is 10.1. The van der Waals surface area contributed by atoms with Crippen LogP contribution < -0.4 is 10.1 Å². The Morgan fingerprint density at radius 3 is 2.65 bits per heavy atom. The second-order valence-electron chi connectivity index (χ2n) is 5.18. The largest absolute Gasteiger partial charge is 0.484 e. The zero-order valence-electron chi connectivity index (χ0n) is 12.1. The second-order valence-corrected chi connectivity index (χ2v) is 5.18. The SMILES string of the molecule is CC(C)CCNC(=O)COc1ccc(C(C)O)c(F)c1. The number of aliphatic hydroxyl groups excluding tert-OH is 1. The Morgan fingerprint density at radius 1 is 1.40 bits per heavy atom. The number of halogens is 1. The third-order valence-corrected chi connectivity index (χ3v) is 2.84. The number of carbonyl (C=O) groups is 1. The number of ether oxygens (including phenoxy) is 1. The van der Waals surface area contributed by atoms with Crippen molar-refractivity contribution in [1.82, 2.24) is 5.32 Å². The molecule has 5 heteroatoms. The van der Waals surface area contributed by atoms with Gasteiger partial charge in [0.15, 0.2) is 6.61 Å². The molecule has 20 heavy (non-hydrogen) atoms. The number of benzene rings is 1. The number of rotatable bonds is 7. The van der Waals surface area contributed by atoms with E-state index in [1.165, 1.54) is 25.1 Å². The van der Waals surface area contributed by atoms with E-state index in [9.17, 15) is 14.3 Å². The predicted octanol–water partition coefficient (Wildman–Crippen LogP) is 2.42. The van der Waals surface area contributed by atoms with Crippen LogP contribution in [0.15, 0.2) is 18.2 Å². The third-order valence-electron chi connectivity index (χ3n) is 2.84. The minimum Gasteiger partial charge on any atom is -0.484 e. The van der Waals surface area contributed by atoms with Crippen LogP contribution in [0.5, 0.6) is 5.75 Å². The Kier molecular flexibility index (Phi) is 6.45. The van der Waals surface area contributed by atoms with Crippen molar-refractivity contribution in [1.29, 1.82) is 0 Å². The average molecular weight is 283 g/mol. The lowest BCUT2D eigenvalue weighted by Crippen LogP contribution is -2.30. The molecule has 1 amide bonds. The van der Waals surface area contributed by atoms with Gasteiger partial charge < -0.3 is 15.2 Å². The van der Waals surface area contributed by atoms with Crippen LogP contribution in [0.25, 0.3) is 0 Å². The van der Waals surface area contributed by atoms with Crippen LogP contribution >= 0.6 is 0 Å². The van der Waals surface area contributed by atoms with Crippen LogP contribution in [0.1, 0.15) is 38.9 Å². The van der Waals surface area contributed by atoms with E-state index >= 15 is 0 Å². The first kappa shape index (κ1) is 16.4. The molecule has 0 radical (unpaired) electrons. The molecule has 1 atom stereocenters. The number of nitrogens with one attached hydrogen (secondary N) is 1. The molecule has 0 heterocycles. The van der Waals surface area contributed by atoms with Crippen LogP contribution in [0.3, 0.4) is 0 Å². The molecule has 0 aromatic heterocycles. The van der Waals surface area contributed by atoms with Gasteiger partial charge in [-0.15, -0.1) is 0 Å². The maximum absolute atomic E-state index is 13.6. The molecule has 0 saturated heterocycles. The van der Waals surface area contributed by atoms with Gasteiger partial charge in [-0.3, -0.25) is 4.79 Å². The van der Waals surface area contributed by atoms with Crippen molar-refractivity contribution >= 4 is 5.91 Å². The molecule has 0 spiro atoms. The van der Waals surface area contributed by atoms with Crippen LogP contribution in [-0.4, -0.2) is 24.2 Å². The van der Waals surface area contributed by atoms with Gasteiger partial charge >= 0.3 is 0 Å². The van der Waals surface area contributed by atoms with Crippen molar-refractivity contribution < 1.29 is 19.0 Å². The highest BCUT2D eigenvalue weighted by atomic mass is 19.1. The Bertz CT molecular complexity index is 447. The van der Waals surface area contributed by atoms with Crippen molar-refractivity contribution in [3.8, 4) is 5.75 Å². The topological polar surface area (TPSA) is 58.6 Å². The molecular weight excluding hydrogens is 261 g/mol. The van der Waals surface area contributed by atoms with E-state index in [1.54, 1.807) is 0 Å². The smallest absolute Gasteiger partial charge is 0.257 e. The van der Waals surface area contributed by atoms with Gasteiger partial charge in [-0.2, -0.15) is 0 Å². The summed E-state index contributed by atoms with van der Waals surface area (Å²) < 4.78 is 18.8. The molecule has 0 saturated carbocycles. The number of aliphatic hydroxyl groups is 1. The van der Waals surface area contributed by atoms with Crippen molar-refractivity contribution in [3.05, 3.63) is 29.6 Å². The van der Waals surface area contributed by atoms with Crippen LogP contribution in [0.4, 0.5) is 4.39 Å². The van der Waals surface area contributed by atoms with E-state index in [-0.39, 0.29) is 23.8 Å². The number of carbonyl (C=O) groups excluding carboxylic acids is 1. The molecule has 1 aromatic rings. The first-order valence-corrected chi connectivity index (χ1v) is 6.77. The highest BCUT2D eigenvalue weighted by Gasteiger charge is 2.10. The molecular formula is C15H22FNO3. The van der Waals surface area contributed by atoms with Crippen molar-refractivity contribution in [3.63, 3.8) is 0 Å². The summed E-state index contributed by atoms with van der Waals surface area (Å²) >= 11 is 0. The summed E-state index contributed by atoms with van der Waals surface area (Å²) in [5, 5.41) is 12.0. The van der Waals surface area contributed by atoms with Gasteiger partial charge in [-0.1, -0.05) is 13.8 Å². The molecule has 0 fully saturated rings. The van der Waals surface area contributed by atoms with Crippen molar-refractivity contribution in [2.75, 3.05) is 13.2 Å². The van der Waals surface area contributed by atoms with Crippen LogP contribution in [-0.2, 0) is 4.79 Å². The second kappa shape index (κ2) is 7.85. The Morgan fingerprint density at radius 2 is 2.10 bits per heavy atom. The van der Waals surface area contributed by atoms with Gasteiger partial charge in [-0.05, 0) is 31.4 Å². The third kappa shape index (κ3) is 5.57. The normalized spacial score (nSPS) is 12.3. The van der Waals surface area contributed by atoms with Gasteiger partial charge in [0, 0.05) is 18.2 Å². The number of hydrogen-bond donors (Lipinski definition) is 2.